The van der Waals surface area contributed by atoms with Gasteiger partial charge in [0.1, 0.15) is 0 Å². The van der Waals surface area contributed by atoms with Gasteiger partial charge in [-0.2, -0.15) is 4.99 Å². The van der Waals surface area contributed by atoms with Crippen LogP contribution in [0.25, 0.3) is 0 Å². The maximum Gasteiger partial charge on any atom is 0.218 e. The molecular formula is C6H15N5. The van der Waals surface area contributed by atoms with Gasteiger partial charge in [0.15, 0.2) is 5.96 Å². The molecule has 0 amide bonds. The molecule has 0 aliphatic heterocycles. The molecule has 0 atom stereocenters. The van der Waals surface area contributed by atoms with Crippen LogP contribution in [0.1, 0.15) is 13.8 Å². The molecule has 0 unspecified atom stereocenters. The minimum absolute atomic E-state index is 0.0602. The van der Waals surface area contributed by atoms with Crippen LogP contribution in [0.3, 0.4) is 0 Å². The fourth-order valence-electron chi connectivity index (χ4n) is 0.444. The van der Waals surface area contributed by atoms with Crippen molar-refractivity contribution in [3.8, 4) is 0 Å². The van der Waals surface area contributed by atoms with Crippen LogP contribution < -0.4 is 17.2 Å². The molecule has 0 aromatic heterocycles. The normalized spacial score (nSPS) is 11.7. The average molecular weight is 157 g/mol. The van der Waals surface area contributed by atoms with E-state index in [1.807, 2.05) is 13.8 Å². The van der Waals surface area contributed by atoms with Crippen molar-refractivity contribution < 1.29 is 0 Å². The smallest absolute Gasteiger partial charge is 0.218 e. The van der Waals surface area contributed by atoms with Gasteiger partial charge in [-0.1, -0.05) is 13.8 Å². The van der Waals surface area contributed by atoms with Crippen molar-refractivity contribution in [3.05, 3.63) is 0 Å². The third-order valence-corrected chi connectivity index (χ3v) is 0.862. The van der Waals surface area contributed by atoms with E-state index in [2.05, 4.69) is 9.98 Å². The molecule has 0 saturated heterocycles. The Hall–Kier alpha value is -1.26. The van der Waals surface area contributed by atoms with Gasteiger partial charge in [-0.3, -0.25) is 4.99 Å². The van der Waals surface area contributed by atoms with Gasteiger partial charge >= 0.3 is 0 Å². The number of guanidine groups is 2. The van der Waals surface area contributed by atoms with Gasteiger partial charge < -0.3 is 17.2 Å². The third kappa shape index (κ3) is 6.63. The molecule has 5 heteroatoms. The lowest BCUT2D eigenvalue weighted by Gasteiger charge is -1.98. The minimum atomic E-state index is -0.0602. The minimum Gasteiger partial charge on any atom is -0.370 e. The molecule has 0 radical (unpaired) electrons. The first-order valence-corrected chi connectivity index (χ1v) is 3.42. The summed E-state index contributed by atoms with van der Waals surface area (Å²) in [6.45, 7) is 4.71. The van der Waals surface area contributed by atoms with E-state index in [1.165, 1.54) is 0 Å². The molecule has 0 aliphatic carbocycles. The Morgan fingerprint density at radius 2 is 1.82 bits per heavy atom. The van der Waals surface area contributed by atoms with Crippen LogP contribution in [0.15, 0.2) is 9.98 Å². The largest absolute Gasteiger partial charge is 0.370 e. The van der Waals surface area contributed by atoms with Gasteiger partial charge in [-0.05, 0) is 5.92 Å². The number of nitrogens with zero attached hydrogens (tertiary/aromatic N) is 2. The van der Waals surface area contributed by atoms with Crippen LogP contribution >= 0.6 is 0 Å². The van der Waals surface area contributed by atoms with Gasteiger partial charge in [-0.25, -0.2) is 0 Å². The highest BCUT2D eigenvalue weighted by molar-refractivity contribution is 5.92. The van der Waals surface area contributed by atoms with E-state index < -0.39 is 0 Å². The fraction of sp³-hybridized carbons (Fsp3) is 0.667. The topological polar surface area (TPSA) is 103 Å². The average Bonchev–Trinajstić information content (AvgIpc) is 1.82. The summed E-state index contributed by atoms with van der Waals surface area (Å²) in [6, 6.07) is 0. The molecular weight excluding hydrogens is 142 g/mol. The third-order valence-electron chi connectivity index (χ3n) is 0.862. The molecule has 64 valence electrons. The summed E-state index contributed by atoms with van der Waals surface area (Å²) in [4.78, 5) is 7.46. The van der Waals surface area contributed by atoms with Crippen molar-refractivity contribution in [2.24, 2.45) is 33.1 Å². The van der Waals surface area contributed by atoms with Crippen LogP contribution in [0.2, 0.25) is 0 Å². The summed E-state index contributed by atoms with van der Waals surface area (Å²) < 4.78 is 0. The number of nitrogens with two attached hydrogens (primary N) is 3. The lowest BCUT2D eigenvalue weighted by molar-refractivity contribution is 0.664. The van der Waals surface area contributed by atoms with E-state index in [9.17, 15) is 0 Å². The number of hydrogen-bond donors (Lipinski definition) is 3. The molecule has 0 spiro atoms. The van der Waals surface area contributed by atoms with Crippen molar-refractivity contribution in [2.75, 3.05) is 6.54 Å². The first-order chi connectivity index (χ1) is 5.02. The summed E-state index contributed by atoms with van der Waals surface area (Å²) in [5.74, 6) is 0.538. The van der Waals surface area contributed by atoms with E-state index in [4.69, 9.17) is 17.2 Å². The van der Waals surface area contributed by atoms with Gasteiger partial charge in [0.2, 0.25) is 5.96 Å². The van der Waals surface area contributed by atoms with Crippen molar-refractivity contribution in [3.63, 3.8) is 0 Å². The maximum absolute atomic E-state index is 5.33. The molecule has 11 heavy (non-hydrogen) atoms. The Balaban J connectivity index is 3.92. The molecule has 0 saturated carbocycles. The highest BCUT2D eigenvalue weighted by atomic mass is 15.1. The van der Waals surface area contributed by atoms with Gasteiger partial charge in [0, 0.05) is 6.54 Å². The van der Waals surface area contributed by atoms with Crippen molar-refractivity contribution in [1.82, 2.24) is 0 Å². The van der Waals surface area contributed by atoms with Crippen LogP contribution in [0.4, 0.5) is 0 Å². The number of rotatable bonds is 2. The summed E-state index contributed by atoms with van der Waals surface area (Å²) in [6.07, 6.45) is 0. The van der Waals surface area contributed by atoms with Crippen LogP contribution in [0.5, 0.6) is 0 Å². The van der Waals surface area contributed by atoms with Gasteiger partial charge in [-0.15, -0.1) is 0 Å². The SMILES string of the molecule is CC(C)CN=C(N)N=C(N)N. The Kier molecular flexibility index (Phi) is 4.02. The van der Waals surface area contributed by atoms with Gasteiger partial charge in [0.25, 0.3) is 0 Å². The predicted octanol–water partition coefficient (Wildman–Crippen LogP) is -0.769. The first-order valence-electron chi connectivity index (χ1n) is 3.42. The molecule has 0 aromatic carbocycles. The summed E-state index contributed by atoms with van der Waals surface area (Å²) >= 11 is 0. The Labute approximate surface area is 66.4 Å². The second-order valence-electron chi connectivity index (χ2n) is 2.63. The Morgan fingerprint density at radius 1 is 1.27 bits per heavy atom. The molecule has 0 rings (SSSR count). The molecule has 0 aromatic rings. The molecule has 6 N–H and O–H groups in total. The summed E-state index contributed by atoms with van der Waals surface area (Å²) in [7, 11) is 0. The Morgan fingerprint density at radius 3 is 2.18 bits per heavy atom. The molecule has 0 heterocycles. The maximum atomic E-state index is 5.33. The zero-order chi connectivity index (χ0) is 8.85. The second kappa shape index (κ2) is 4.54. The fourth-order valence-corrected chi connectivity index (χ4v) is 0.444. The predicted molar refractivity (Wildman–Crippen MR) is 47.1 cm³/mol. The molecule has 0 aliphatic rings. The summed E-state index contributed by atoms with van der Waals surface area (Å²) in [5, 5.41) is 0. The lowest BCUT2D eigenvalue weighted by atomic mass is 10.2. The first kappa shape index (κ1) is 9.74. The summed E-state index contributed by atoms with van der Waals surface area (Å²) in [5.41, 5.74) is 15.5. The van der Waals surface area contributed by atoms with Crippen LogP contribution in [-0.2, 0) is 0 Å². The molecule has 0 bridgehead atoms. The van der Waals surface area contributed by atoms with Crippen molar-refractivity contribution in [1.29, 1.82) is 0 Å². The zero-order valence-corrected chi connectivity index (χ0v) is 6.91. The second-order valence-corrected chi connectivity index (χ2v) is 2.63. The van der Waals surface area contributed by atoms with Crippen molar-refractivity contribution in [2.45, 2.75) is 13.8 Å². The molecule has 5 nitrogen and oxygen atoms in total. The van der Waals surface area contributed by atoms with E-state index in [0.29, 0.717) is 12.5 Å². The quantitative estimate of drug-likeness (QED) is 0.362. The van der Waals surface area contributed by atoms with Crippen LogP contribution in [0, 0.1) is 5.92 Å². The highest BCUT2D eigenvalue weighted by Gasteiger charge is 1.91. The van der Waals surface area contributed by atoms with E-state index in [-0.39, 0.29) is 11.9 Å². The lowest BCUT2D eigenvalue weighted by Crippen LogP contribution is -2.26. The monoisotopic (exact) mass is 157 g/mol. The number of aliphatic imine (C=N–C) groups is 2. The van der Waals surface area contributed by atoms with E-state index in [1.54, 1.807) is 0 Å². The van der Waals surface area contributed by atoms with Gasteiger partial charge in [0.05, 0.1) is 0 Å². The van der Waals surface area contributed by atoms with Crippen molar-refractivity contribution >= 4 is 11.9 Å². The van der Waals surface area contributed by atoms with E-state index >= 15 is 0 Å². The zero-order valence-electron chi connectivity index (χ0n) is 6.91. The standard InChI is InChI=1S/C6H15N5/c1-4(2)3-10-6(9)11-5(7)8/h4H,3H2,1-2H3,(H6,7,8,9,10,11). The van der Waals surface area contributed by atoms with Crippen LogP contribution in [-0.4, -0.2) is 18.5 Å². The highest BCUT2D eigenvalue weighted by Crippen LogP contribution is 1.90. The molecule has 0 fully saturated rings. The van der Waals surface area contributed by atoms with E-state index in [0.717, 1.165) is 0 Å². The number of hydrogen-bond acceptors (Lipinski definition) is 1. The Bertz CT molecular complexity index is 166.